The summed E-state index contributed by atoms with van der Waals surface area (Å²) in [6, 6.07) is 0. The van der Waals surface area contributed by atoms with Crippen LogP contribution in [-0.4, -0.2) is 0 Å². The Balaban J connectivity index is 2.01. The monoisotopic (exact) mass is 134 g/mol. The van der Waals surface area contributed by atoms with Crippen LogP contribution < -0.4 is 0 Å². The van der Waals surface area contributed by atoms with Crippen LogP contribution >= 0.6 is 0 Å². The second kappa shape index (κ2) is 1.55. The summed E-state index contributed by atoms with van der Waals surface area (Å²) in [4.78, 5) is 0. The van der Waals surface area contributed by atoms with Crippen molar-refractivity contribution < 1.29 is 0 Å². The van der Waals surface area contributed by atoms with Crippen molar-refractivity contribution >= 4 is 0 Å². The first kappa shape index (κ1) is 6.21. The Hall–Kier alpha value is -0.520. The number of hydrogen-bond acceptors (Lipinski definition) is 0. The standard InChI is InChI=1S/C10H14/c1-4-5-6-10-7(2)9(10)8(10)3/h4-5,8-9H,2,6H2,1,3H3. The first-order valence-corrected chi connectivity index (χ1v) is 4.05. The summed E-state index contributed by atoms with van der Waals surface area (Å²) < 4.78 is 0. The van der Waals surface area contributed by atoms with Crippen LogP contribution in [0.15, 0.2) is 24.3 Å². The van der Waals surface area contributed by atoms with Crippen molar-refractivity contribution in [2.45, 2.75) is 20.3 Å². The molecule has 0 radical (unpaired) electrons. The largest absolute Gasteiger partial charge is 0.0989 e. The lowest BCUT2D eigenvalue weighted by Crippen LogP contribution is -1.94. The summed E-state index contributed by atoms with van der Waals surface area (Å²) in [6.07, 6.45) is 5.66. The zero-order valence-corrected chi connectivity index (χ0v) is 6.72. The molecule has 3 unspecified atom stereocenters. The molecule has 54 valence electrons. The van der Waals surface area contributed by atoms with E-state index >= 15 is 0 Å². The molecule has 0 aromatic heterocycles. The van der Waals surface area contributed by atoms with Gasteiger partial charge in [0.2, 0.25) is 0 Å². The molecule has 0 saturated heterocycles. The van der Waals surface area contributed by atoms with E-state index in [2.05, 4.69) is 32.6 Å². The van der Waals surface area contributed by atoms with E-state index in [9.17, 15) is 0 Å². The molecule has 0 N–H and O–H groups in total. The van der Waals surface area contributed by atoms with Crippen molar-refractivity contribution in [3.05, 3.63) is 24.3 Å². The minimum absolute atomic E-state index is 0.604. The predicted octanol–water partition coefficient (Wildman–Crippen LogP) is 2.77. The van der Waals surface area contributed by atoms with Gasteiger partial charge in [-0.3, -0.25) is 0 Å². The number of fused-ring (bicyclic) bond motifs is 1. The van der Waals surface area contributed by atoms with Crippen LogP contribution in [-0.2, 0) is 0 Å². The number of allylic oxidation sites excluding steroid dienone is 3. The smallest absolute Gasteiger partial charge is 0.00468 e. The second-order valence-corrected chi connectivity index (χ2v) is 3.61. The molecule has 0 aromatic carbocycles. The zero-order chi connectivity index (χ0) is 7.35. The molecule has 0 aromatic rings. The lowest BCUT2D eigenvalue weighted by Gasteiger charge is -2.04. The van der Waals surface area contributed by atoms with Gasteiger partial charge in [0.15, 0.2) is 0 Å². The minimum Gasteiger partial charge on any atom is -0.0989 e. The molecule has 0 bridgehead atoms. The average Bonchev–Trinajstić information content (AvgIpc) is 2.74. The third kappa shape index (κ3) is 0.448. The molecule has 2 aliphatic carbocycles. The topological polar surface area (TPSA) is 0 Å². The number of rotatable bonds is 2. The summed E-state index contributed by atoms with van der Waals surface area (Å²) in [7, 11) is 0. The van der Waals surface area contributed by atoms with Crippen LogP contribution in [0.2, 0.25) is 0 Å². The maximum absolute atomic E-state index is 4.04. The van der Waals surface area contributed by atoms with Gasteiger partial charge in [0.05, 0.1) is 0 Å². The van der Waals surface area contributed by atoms with Crippen LogP contribution in [0.25, 0.3) is 0 Å². The second-order valence-electron chi connectivity index (χ2n) is 3.61. The Morgan fingerprint density at radius 1 is 1.70 bits per heavy atom. The Morgan fingerprint density at radius 2 is 2.40 bits per heavy atom. The molecule has 3 atom stereocenters. The Bertz CT molecular complexity index is 212. The van der Waals surface area contributed by atoms with Gasteiger partial charge in [-0.25, -0.2) is 0 Å². The van der Waals surface area contributed by atoms with Crippen LogP contribution in [0.1, 0.15) is 20.3 Å². The van der Waals surface area contributed by atoms with Crippen molar-refractivity contribution in [3.8, 4) is 0 Å². The van der Waals surface area contributed by atoms with Gasteiger partial charge in [0.1, 0.15) is 0 Å². The molecule has 0 nitrogen and oxygen atoms in total. The molecule has 0 heterocycles. The Morgan fingerprint density at radius 3 is 2.70 bits per heavy atom. The van der Waals surface area contributed by atoms with Gasteiger partial charge in [0.25, 0.3) is 0 Å². The van der Waals surface area contributed by atoms with E-state index in [0.29, 0.717) is 5.41 Å². The summed E-state index contributed by atoms with van der Waals surface area (Å²) in [6.45, 7) is 8.46. The van der Waals surface area contributed by atoms with E-state index in [4.69, 9.17) is 0 Å². The first-order valence-electron chi connectivity index (χ1n) is 4.05. The van der Waals surface area contributed by atoms with E-state index in [0.717, 1.165) is 11.8 Å². The lowest BCUT2D eigenvalue weighted by molar-refractivity contribution is 0.611. The quantitative estimate of drug-likeness (QED) is 0.509. The van der Waals surface area contributed by atoms with Gasteiger partial charge in [-0.1, -0.05) is 31.2 Å². The average molecular weight is 134 g/mol. The molecule has 0 heteroatoms. The molecule has 2 rings (SSSR count). The molecule has 2 saturated carbocycles. The number of hydrogen-bond donors (Lipinski definition) is 0. The van der Waals surface area contributed by atoms with Gasteiger partial charge in [0, 0.05) is 5.41 Å². The highest BCUT2D eigenvalue weighted by Gasteiger charge is 2.78. The highest BCUT2D eigenvalue weighted by molar-refractivity contribution is 5.52. The van der Waals surface area contributed by atoms with Gasteiger partial charge < -0.3 is 0 Å². The fourth-order valence-corrected chi connectivity index (χ4v) is 2.37. The maximum Gasteiger partial charge on any atom is 0.00468 e. The van der Waals surface area contributed by atoms with Gasteiger partial charge in [-0.15, -0.1) is 0 Å². The van der Waals surface area contributed by atoms with E-state index < -0.39 is 0 Å². The van der Waals surface area contributed by atoms with Crippen molar-refractivity contribution in [2.75, 3.05) is 0 Å². The van der Waals surface area contributed by atoms with Crippen molar-refractivity contribution in [3.63, 3.8) is 0 Å². The van der Waals surface area contributed by atoms with E-state index in [-0.39, 0.29) is 0 Å². The lowest BCUT2D eigenvalue weighted by atomic mass is 10.0. The van der Waals surface area contributed by atoms with Crippen molar-refractivity contribution in [1.29, 1.82) is 0 Å². The Kier molecular flexibility index (Phi) is 0.964. The molecular formula is C10H14. The van der Waals surface area contributed by atoms with Gasteiger partial charge >= 0.3 is 0 Å². The fourth-order valence-electron chi connectivity index (χ4n) is 2.37. The SMILES string of the molecule is C=C1C2C(C)C12CC=CC. The summed E-state index contributed by atoms with van der Waals surface area (Å²) >= 11 is 0. The van der Waals surface area contributed by atoms with E-state index in [1.54, 1.807) is 0 Å². The summed E-state index contributed by atoms with van der Waals surface area (Å²) in [5.74, 6) is 1.85. The normalized spacial score (nSPS) is 49.6. The van der Waals surface area contributed by atoms with Crippen LogP contribution in [0.4, 0.5) is 0 Å². The molecule has 0 aliphatic heterocycles. The fraction of sp³-hybridized carbons (Fsp3) is 0.600. The molecule has 0 amide bonds. The van der Waals surface area contributed by atoms with Crippen molar-refractivity contribution in [2.24, 2.45) is 17.3 Å². The van der Waals surface area contributed by atoms with Gasteiger partial charge in [-0.05, 0) is 25.2 Å². The highest BCUT2D eigenvalue weighted by Crippen LogP contribution is 2.84. The maximum atomic E-state index is 4.04. The van der Waals surface area contributed by atoms with E-state index in [1.807, 2.05) is 0 Å². The van der Waals surface area contributed by atoms with E-state index in [1.165, 1.54) is 12.0 Å². The van der Waals surface area contributed by atoms with Gasteiger partial charge in [-0.2, -0.15) is 0 Å². The minimum atomic E-state index is 0.604. The van der Waals surface area contributed by atoms with Crippen molar-refractivity contribution in [1.82, 2.24) is 0 Å². The molecular weight excluding hydrogens is 120 g/mol. The van der Waals surface area contributed by atoms with Crippen LogP contribution in [0.3, 0.4) is 0 Å². The van der Waals surface area contributed by atoms with Crippen LogP contribution in [0, 0.1) is 17.3 Å². The Labute approximate surface area is 62.6 Å². The first-order chi connectivity index (χ1) is 4.75. The summed E-state index contributed by atoms with van der Waals surface area (Å²) in [5, 5.41) is 0. The third-order valence-electron chi connectivity index (χ3n) is 3.34. The molecule has 2 aliphatic rings. The highest BCUT2D eigenvalue weighted by atomic mass is 14.8. The van der Waals surface area contributed by atoms with Crippen LogP contribution in [0.5, 0.6) is 0 Å². The summed E-state index contributed by atoms with van der Waals surface area (Å²) in [5.41, 5.74) is 2.12. The molecule has 0 spiro atoms. The third-order valence-corrected chi connectivity index (χ3v) is 3.34. The predicted molar refractivity (Wildman–Crippen MR) is 43.7 cm³/mol. The zero-order valence-electron chi connectivity index (χ0n) is 6.72. The molecule has 2 fully saturated rings. The molecule has 10 heavy (non-hydrogen) atoms.